The van der Waals surface area contributed by atoms with Gasteiger partial charge in [0, 0.05) is 12.1 Å². The van der Waals surface area contributed by atoms with E-state index in [-0.39, 0.29) is 23.7 Å². The van der Waals surface area contributed by atoms with E-state index < -0.39 is 0 Å². The molecule has 5 nitrogen and oxygen atoms in total. The van der Waals surface area contributed by atoms with Gasteiger partial charge in [-0.3, -0.25) is 4.79 Å². The highest BCUT2D eigenvalue weighted by molar-refractivity contribution is 6.22. The molecule has 22 heavy (non-hydrogen) atoms. The van der Waals surface area contributed by atoms with Gasteiger partial charge in [-0.25, -0.2) is 9.69 Å². The molecule has 1 aromatic carbocycles. The Kier molecular flexibility index (Phi) is 3.38. The summed E-state index contributed by atoms with van der Waals surface area (Å²) in [6, 6.07) is -0.577. The maximum Gasteiger partial charge on any atom is 0.332 e. The van der Waals surface area contributed by atoms with Gasteiger partial charge in [0.25, 0.3) is 5.91 Å². The van der Waals surface area contributed by atoms with Gasteiger partial charge in [-0.1, -0.05) is 0 Å². The van der Waals surface area contributed by atoms with Crippen LogP contribution in [0.15, 0.2) is 0 Å². The van der Waals surface area contributed by atoms with Crippen LogP contribution in [-0.2, 0) is 4.79 Å². The monoisotopic (exact) mass is 302 g/mol. The molecule has 1 unspecified atom stereocenters. The van der Waals surface area contributed by atoms with Crippen LogP contribution in [-0.4, -0.2) is 34.5 Å². The number of urea groups is 1. The molecule has 0 spiro atoms. The Morgan fingerprint density at radius 1 is 0.955 bits per heavy atom. The predicted octanol–water partition coefficient (Wildman–Crippen LogP) is 2.95. The van der Waals surface area contributed by atoms with Crippen LogP contribution in [0.1, 0.15) is 41.5 Å². The molecule has 3 rings (SSSR count). The number of benzene rings is 1. The highest BCUT2D eigenvalue weighted by Crippen LogP contribution is 2.40. The van der Waals surface area contributed by atoms with Crippen LogP contribution in [0.25, 0.3) is 0 Å². The normalized spacial score (nSPS) is 21.5. The van der Waals surface area contributed by atoms with E-state index in [2.05, 4.69) is 0 Å². The largest absolute Gasteiger partial charge is 0.507 e. The summed E-state index contributed by atoms with van der Waals surface area (Å²) in [5, 5.41) is 10.3. The number of hydrogen-bond acceptors (Lipinski definition) is 3. The second kappa shape index (κ2) is 5.00. The minimum Gasteiger partial charge on any atom is -0.507 e. The first-order chi connectivity index (χ1) is 10.4. The smallest absolute Gasteiger partial charge is 0.332 e. The van der Waals surface area contributed by atoms with E-state index in [1.165, 1.54) is 4.90 Å². The molecule has 2 fully saturated rings. The maximum absolute atomic E-state index is 12.7. The summed E-state index contributed by atoms with van der Waals surface area (Å²) >= 11 is 0. The Morgan fingerprint density at radius 2 is 1.64 bits per heavy atom. The number of anilines is 1. The zero-order valence-corrected chi connectivity index (χ0v) is 13.6. The molecule has 3 amide bonds. The van der Waals surface area contributed by atoms with Crippen molar-refractivity contribution in [1.82, 2.24) is 4.90 Å². The second-order valence-electron chi connectivity index (χ2n) is 6.36. The molecule has 2 saturated heterocycles. The van der Waals surface area contributed by atoms with E-state index in [0.717, 1.165) is 36.0 Å². The average Bonchev–Trinajstić information content (AvgIpc) is 2.77. The molecule has 0 aromatic heterocycles. The number of carbonyl (C=O) groups excluding carboxylic acids is 2. The van der Waals surface area contributed by atoms with Crippen LogP contribution in [0.2, 0.25) is 0 Å². The van der Waals surface area contributed by atoms with Gasteiger partial charge in [-0.2, -0.15) is 0 Å². The number of imide groups is 1. The molecular formula is C17H22N2O3. The van der Waals surface area contributed by atoms with E-state index in [0.29, 0.717) is 17.8 Å². The van der Waals surface area contributed by atoms with Crippen molar-refractivity contribution < 1.29 is 14.7 Å². The minimum atomic E-state index is -0.330. The van der Waals surface area contributed by atoms with Crippen molar-refractivity contribution in [3.05, 3.63) is 22.3 Å². The Balaban J connectivity index is 2.16. The zero-order chi connectivity index (χ0) is 16.2. The summed E-state index contributed by atoms with van der Waals surface area (Å²) in [5.41, 5.74) is 3.76. The van der Waals surface area contributed by atoms with E-state index in [4.69, 9.17) is 0 Å². The van der Waals surface area contributed by atoms with Gasteiger partial charge in [0.2, 0.25) is 0 Å². The lowest BCUT2D eigenvalue weighted by Gasteiger charge is -2.26. The van der Waals surface area contributed by atoms with Crippen molar-refractivity contribution in [2.45, 2.75) is 53.0 Å². The van der Waals surface area contributed by atoms with Crippen LogP contribution < -0.4 is 4.90 Å². The summed E-state index contributed by atoms with van der Waals surface area (Å²) in [4.78, 5) is 28.4. The van der Waals surface area contributed by atoms with Gasteiger partial charge in [-0.05, 0) is 63.6 Å². The summed E-state index contributed by atoms with van der Waals surface area (Å²) in [6.45, 7) is 8.07. The Bertz CT molecular complexity index is 628. The number of amides is 3. The molecule has 1 atom stereocenters. The number of phenols is 1. The molecule has 0 aliphatic carbocycles. The standard InChI is InChI=1S/C17H22N2O3/c1-9-10(2)14(12(4)15(20)11(9)3)19-16(21)13-7-5-6-8-18(13)17(19)22/h13,20H,5-8H2,1-4H3. The summed E-state index contributed by atoms with van der Waals surface area (Å²) in [6.07, 6.45) is 2.65. The third-order valence-electron chi connectivity index (χ3n) is 5.21. The van der Waals surface area contributed by atoms with E-state index in [1.807, 2.05) is 20.8 Å². The highest BCUT2D eigenvalue weighted by Gasteiger charge is 2.47. The number of rotatable bonds is 1. The van der Waals surface area contributed by atoms with E-state index >= 15 is 0 Å². The molecule has 1 N–H and O–H groups in total. The van der Waals surface area contributed by atoms with Crippen molar-refractivity contribution in [1.29, 1.82) is 0 Å². The van der Waals surface area contributed by atoms with E-state index in [1.54, 1.807) is 11.8 Å². The number of piperidine rings is 1. The molecule has 1 aromatic rings. The average molecular weight is 302 g/mol. The van der Waals surface area contributed by atoms with Crippen molar-refractivity contribution in [2.75, 3.05) is 11.4 Å². The molecule has 0 radical (unpaired) electrons. The van der Waals surface area contributed by atoms with Gasteiger partial charge in [0.15, 0.2) is 0 Å². The van der Waals surface area contributed by atoms with Crippen LogP contribution in [0.4, 0.5) is 10.5 Å². The van der Waals surface area contributed by atoms with Crippen LogP contribution in [0, 0.1) is 27.7 Å². The molecule has 2 aliphatic rings. The van der Waals surface area contributed by atoms with Gasteiger partial charge in [0.05, 0.1) is 5.69 Å². The topological polar surface area (TPSA) is 60.9 Å². The molecule has 0 saturated carbocycles. The fraction of sp³-hybridized carbons (Fsp3) is 0.529. The number of phenolic OH excluding ortho intramolecular Hbond substituents is 1. The van der Waals surface area contributed by atoms with Gasteiger partial charge in [-0.15, -0.1) is 0 Å². The molecule has 2 aliphatic heterocycles. The molecule has 118 valence electrons. The Morgan fingerprint density at radius 3 is 2.27 bits per heavy atom. The quantitative estimate of drug-likeness (QED) is 0.811. The first-order valence-corrected chi connectivity index (χ1v) is 7.80. The molecule has 0 bridgehead atoms. The lowest BCUT2D eigenvalue weighted by Crippen LogP contribution is -2.39. The van der Waals surface area contributed by atoms with Crippen molar-refractivity contribution in [3.63, 3.8) is 0 Å². The number of carbonyl (C=O) groups is 2. The Hall–Kier alpha value is -2.04. The first kappa shape index (κ1) is 14.9. The summed E-state index contributed by atoms with van der Waals surface area (Å²) in [7, 11) is 0. The first-order valence-electron chi connectivity index (χ1n) is 7.80. The molecular weight excluding hydrogens is 280 g/mol. The SMILES string of the molecule is Cc1c(C)c(O)c(C)c(N2C(=O)C3CCCCN3C2=O)c1C. The number of nitrogens with zero attached hydrogens (tertiary/aromatic N) is 2. The lowest BCUT2D eigenvalue weighted by atomic mass is 9.96. The number of fused-ring (bicyclic) bond motifs is 1. The highest BCUT2D eigenvalue weighted by atomic mass is 16.3. The fourth-order valence-corrected chi connectivity index (χ4v) is 3.64. The third kappa shape index (κ3) is 1.84. The van der Waals surface area contributed by atoms with Gasteiger partial charge < -0.3 is 10.0 Å². The lowest BCUT2D eigenvalue weighted by molar-refractivity contribution is -0.120. The fourth-order valence-electron chi connectivity index (χ4n) is 3.64. The van der Waals surface area contributed by atoms with Crippen molar-refractivity contribution in [3.8, 4) is 5.75 Å². The van der Waals surface area contributed by atoms with Crippen LogP contribution in [0.5, 0.6) is 5.75 Å². The van der Waals surface area contributed by atoms with Crippen LogP contribution >= 0.6 is 0 Å². The second-order valence-corrected chi connectivity index (χ2v) is 6.36. The predicted molar refractivity (Wildman–Crippen MR) is 84.3 cm³/mol. The summed E-state index contributed by atoms with van der Waals surface area (Å²) in [5.74, 6) is 0.0159. The number of aromatic hydroxyl groups is 1. The maximum atomic E-state index is 12.7. The van der Waals surface area contributed by atoms with E-state index in [9.17, 15) is 14.7 Å². The van der Waals surface area contributed by atoms with Gasteiger partial charge >= 0.3 is 6.03 Å². The minimum absolute atomic E-state index is 0.154. The number of hydrogen-bond donors (Lipinski definition) is 1. The third-order valence-corrected chi connectivity index (χ3v) is 5.21. The summed E-state index contributed by atoms with van der Waals surface area (Å²) < 4.78 is 0. The molecule has 5 heteroatoms. The Labute approximate surface area is 130 Å². The van der Waals surface area contributed by atoms with Crippen molar-refractivity contribution >= 4 is 17.6 Å². The molecule has 2 heterocycles. The van der Waals surface area contributed by atoms with Crippen LogP contribution in [0.3, 0.4) is 0 Å². The zero-order valence-electron chi connectivity index (χ0n) is 13.6. The van der Waals surface area contributed by atoms with Gasteiger partial charge in [0.1, 0.15) is 11.8 Å². The van der Waals surface area contributed by atoms with Crippen molar-refractivity contribution in [2.24, 2.45) is 0 Å².